The van der Waals surface area contributed by atoms with Crippen LogP contribution < -0.4 is 0 Å². The van der Waals surface area contributed by atoms with Crippen LogP contribution in [0.5, 0.6) is 0 Å². The number of hydrogen-bond donors (Lipinski definition) is 0. The topological polar surface area (TPSA) is 9.23 Å². The second-order valence-corrected chi connectivity index (χ2v) is 4.62. The van der Waals surface area contributed by atoms with Crippen LogP contribution in [-0.4, -0.2) is 12.2 Å². The van der Waals surface area contributed by atoms with Crippen LogP contribution in [0.25, 0.3) is 0 Å². The summed E-state index contributed by atoms with van der Waals surface area (Å²) in [4.78, 5) is 0. The Hall–Kier alpha value is -0.0400. The maximum absolute atomic E-state index is 5.71. The molecule has 2 fully saturated rings. The standard InChI is InChI=1S/C9H16O/c1-8(2)5-6-10-9(7-8)3-4-9/h3-7H2,1-2H3. The Morgan fingerprint density at radius 1 is 1.10 bits per heavy atom. The van der Waals surface area contributed by atoms with Gasteiger partial charge < -0.3 is 4.74 Å². The second-order valence-electron chi connectivity index (χ2n) is 4.62. The fourth-order valence-electron chi connectivity index (χ4n) is 2.02. The predicted octanol–water partition coefficient (Wildman–Crippen LogP) is 2.36. The Morgan fingerprint density at radius 3 is 2.20 bits per heavy atom. The van der Waals surface area contributed by atoms with Crippen molar-refractivity contribution in [1.29, 1.82) is 0 Å². The van der Waals surface area contributed by atoms with Crippen LogP contribution in [0, 0.1) is 5.41 Å². The smallest absolute Gasteiger partial charge is 0.0689 e. The summed E-state index contributed by atoms with van der Waals surface area (Å²) >= 11 is 0. The molecule has 1 spiro atoms. The van der Waals surface area contributed by atoms with Crippen molar-refractivity contribution >= 4 is 0 Å². The van der Waals surface area contributed by atoms with Crippen molar-refractivity contribution in [3.05, 3.63) is 0 Å². The third kappa shape index (κ3) is 1.07. The van der Waals surface area contributed by atoms with Crippen LogP contribution in [0.15, 0.2) is 0 Å². The van der Waals surface area contributed by atoms with E-state index in [4.69, 9.17) is 4.74 Å². The third-order valence-corrected chi connectivity index (χ3v) is 2.80. The Morgan fingerprint density at radius 2 is 1.80 bits per heavy atom. The summed E-state index contributed by atoms with van der Waals surface area (Å²) in [7, 11) is 0. The van der Waals surface area contributed by atoms with Crippen LogP contribution in [0.2, 0.25) is 0 Å². The van der Waals surface area contributed by atoms with E-state index in [0.717, 1.165) is 6.61 Å². The molecule has 0 aromatic rings. The van der Waals surface area contributed by atoms with Crippen molar-refractivity contribution in [2.75, 3.05) is 6.61 Å². The van der Waals surface area contributed by atoms with E-state index in [0.29, 0.717) is 11.0 Å². The molecule has 1 saturated heterocycles. The molecule has 0 bridgehead atoms. The van der Waals surface area contributed by atoms with Gasteiger partial charge in [0, 0.05) is 6.61 Å². The van der Waals surface area contributed by atoms with E-state index in [1.807, 2.05) is 0 Å². The molecule has 0 atom stereocenters. The van der Waals surface area contributed by atoms with E-state index in [1.54, 1.807) is 0 Å². The van der Waals surface area contributed by atoms with Gasteiger partial charge in [0.2, 0.25) is 0 Å². The molecule has 10 heavy (non-hydrogen) atoms. The average molecular weight is 140 g/mol. The SMILES string of the molecule is CC1(C)CCOC2(CC2)C1. The van der Waals surface area contributed by atoms with E-state index >= 15 is 0 Å². The Kier molecular flexibility index (Phi) is 1.17. The van der Waals surface area contributed by atoms with Crippen molar-refractivity contribution in [1.82, 2.24) is 0 Å². The van der Waals surface area contributed by atoms with Gasteiger partial charge in [-0.3, -0.25) is 0 Å². The van der Waals surface area contributed by atoms with Crippen molar-refractivity contribution in [2.24, 2.45) is 5.41 Å². The fraction of sp³-hybridized carbons (Fsp3) is 1.00. The second kappa shape index (κ2) is 1.76. The van der Waals surface area contributed by atoms with Gasteiger partial charge in [-0.25, -0.2) is 0 Å². The summed E-state index contributed by atoms with van der Waals surface area (Å²) in [6.07, 6.45) is 5.17. The summed E-state index contributed by atoms with van der Waals surface area (Å²) in [6, 6.07) is 0. The van der Waals surface area contributed by atoms with Gasteiger partial charge in [-0.2, -0.15) is 0 Å². The molecule has 1 aliphatic heterocycles. The minimum Gasteiger partial charge on any atom is -0.375 e. The maximum atomic E-state index is 5.71. The molecule has 0 aromatic carbocycles. The van der Waals surface area contributed by atoms with Gasteiger partial charge in [0.05, 0.1) is 5.60 Å². The van der Waals surface area contributed by atoms with Crippen LogP contribution in [0.1, 0.15) is 39.5 Å². The van der Waals surface area contributed by atoms with Crippen LogP contribution in [0.4, 0.5) is 0 Å². The molecule has 0 N–H and O–H groups in total. The van der Waals surface area contributed by atoms with Crippen molar-refractivity contribution in [3.8, 4) is 0 Å². The highest BCUT2D eigenvalue weighted by atomic mass is 16.5. The molecule has 2 aliphatic rings. The molecule has 1 saturated carbocycles. The normalized spacial score (nSPS) is 34.2. The zero-order valence-corrected chi connectivity index (χ0v) is 6.94. The van der Waals surface area contributed by atoms with Crippen molar-refractivity contribution < 1.29 is 4.74 Å². The molecule has 0 radical (unpaired) electrons. The highest BCUT2D eigenvalue weighted by molar-refractivity contribution is 5.01. The molecule has 1 aliphatic carbocycles. The molecular formula is C9H16O. The van der Waals surface area contributed by atoms with Crippen LogP contribution in [0.3, 0.4) is 0 Å². The zero-order valence-electron chi connectivity index (χ0n) is 6.94. The third-order valence-electron chi connectivity index (χ3n) is 2.80. The van der Waals surface area contributed by atoms with E-state index < -0.39 is 0 Å². The highest BCUT2D eigenvalue weighted by Gasteiger charge is 2.49. The number of hydrogen-bond acceptors (Lipinski definition) is 1. The van der Waals surface area contributed by atoms with Gasteiger partial charge in [-0.05, 0) is 31.1 Å². The summed E-state index contributed by atoms with van der Waals surface area (Å²) in [5.41, 5.74) is 0.913. The van der Waals surface area contributed by atoms with Crippen LogP contribution in [-0.2, 0) is 4.74 Å². The first kappa shape index (κ1) is 6.66. The largest absolute Gasteiger partial charge is 0.375 e. The van der Waals surface area contributed by atoms with E-state index in [2.05, 4.69) is 13.8 Å². The van der Waals surface area contributed by atoms with Crippen LogP contribution >= 0.6 is 0 Å². The first-order chi connectivity index (χ1) is 4.62. The molecule has 1 heterocycles. The lowest BCUT2D eigenvalue weighted by atomic mass is 9.81. The molecule has 0 amide bonds. The quantitative estimate of drug-likeness (QED) is 0.502. The minimum absolute atomic E-state index is 0.363. The van der Waals surface area contributed by atoms with Gasteiger partial charge in [-0.1, -0.05) is 13.8 Å². The van der Waals surface area contributed by atoms with E-state index in [9.17, 15) is 0 Å². The number of rotatable bonds is 0. The fourth-order valence-corrected chi connectivity index (χ4v) is 2.02. The van der Waals surface area contributed by atoms with E-state index in [-0.39, 0.29) is 0 Å². The molecule has 1 heteroatoms. The Labute approximate surface area is 62.8 Å². The van der Waals surface area contributed by atoms with Gasteiger partial charge in [0.25, 0.3) is 0 Å². The Balaban J connectivity index is 2.04. The molecule has 0 aromatic heterocycles. The van der Waals surface area contributed by atoms with Gasteiger partial charge in [-0.15, -0.1) is 0 Å². The Bertz CT molecular complexity index is 141. The van der Waals surface area contributed by atoms with Gasteiger partial charge in [0.1, 0.15) is 0 Å². The highest BCUT2D eigenvalue weighted by Crippen LogP contribution is 2.51. The lowest BCUT2D eigenvalue weighted by molar-refractivity contribution is -0.0537. The summed E-state index contributed by atoms with van der Waals surface area (Å²) < 4.78 is 5.71. The first-order valence-corrected chi connectivity index (χ1v) is 4.26. The zero-order chi connectivity index (χ0) is 7.24. The number of ether oxygens (including phenoxy) is 1. The van der Waals surface area contributed by atoms with Crippen molar-refractivity contribution in [3.63, 3.8) is 0 Å². The lowest BCUT2D eigenvalue weighted by Crippen LogP contribution is -2.32. The summed E-state index contributed by atoms with van der Waals surface area (Å²) in [6.45, 7) is 5.71. The monoisotopic (exact) mass is 140 g/mol. The van der Waals surface area contributed by atoms with Crippen molar-refractivity contribution in [2.45, 2.75) is 45.1 Å². The van der Waals surface area contributed by atoms with E-state index in [1.165, 1.54) is 25.7 Å². The maximum Gasteiger partial charge on any atom is 0.0689 e. The molecule has 2 rings (SSSR count). The molecule has 1 nitrogen and oxygen atoms in total. The minimum atomic E-state index is 0.363. The predicted molar refractivity (Wildman–Crippen MR) is 40.9 cm³/mol. The van der Waals surface area contributed by atoms with Gasteiger partial charge >= 0.3 is 0 Å². The summed E-state index contributed by atoms with van der Waals surface area (Å²) in [5, 5.41) is 0. The lowest BCUT2D eigenvalue weighted by Gasteiger charge is -2.35. The van der Waals surface area contributed by atoms with Gasteiger partial charge in [0.15, 0.2) is 0 Å². The first-order valence-electron chi connectivity index (χ1n) is 4.26. The average Bonchev–Trinajstić information content (AvgIpc) is 2.45. The molecular weight excluding hydrogens is 124 g/mol. The molecule has 58 valence electrons. The summed E-state index contributed by atoms with van der Waals surface area (Å²) in [5.74, 6) is 0. The molecule has 0 unspecified atom stereocenters.